The highest BCUT2D eigenvalue weighted by atomic mass is 19.1. The molecule has 3 aromatic rings. The standard InChI is InChI=1S/C22H25FN4O3/c1-4-30-13-7-12-27-21(28)17-8-5-6-9-19(17)24-22(27)26-25-15(2)16-10-11-20(29-3)18(23)14-16/h5-6,8-11,14H,4,7,12-13H2,1-3H3,(H,24,26)/b25-15-. The molecule has 0 saturated heterocycles. The second-order valence-corrected chi connectivity index (χ2v) is 6.62. The third kappa shape index (κ3) is 4.83. The highest BCUT2D eigenvalue weighted by Crippen LogP contribution is 2.18. The molecule has 0 fully saturated rings. The van der Waals surface area contributed by atoms with Crippen LogP contribution in [0.2, 0.25) is 0 Å². The topological polar surface area (TPSA) is 77.7 Å². The highest BCUT2D eigenvalue weighted by molar-refractivity contribution is 5.99. The maximum absolute atomic E-state index is 14.0. The number of rotatable bonds is 9. The van der Waals surface area contributed by atoms with Gasteiger partial charge in [-0.15, -0.1) is 0 Å². The molecular weight excluding hydrogens is 387 g/mol. The summed E-state index contributed by atoms with van der Waals surface area (Å²) in [4.78, 5) is 17.5. The summed E-state index contributed by atoms with van der Waals surface area (Å²) < 4.78 is 25.9. The quantitative estimate of drug-likeness (QED) is 0.329. The monoisotopic (exact) mass is 412 g/mol. The van der Waals surface area contributed by atoms with Crippen molar-refractivity contribution in [2.45, 2.75) is 26.8 Å². The number of aromatic nitrogens is 2. The van der Waals surface area contributed by atoms with Crippen molar-refractivity contribution >= 4 is 22.6 Å². The van der Waals surface area contributed by atoms with Crippen LogP contribution in [0.4, 0.5) is 10.3 Å². The highest BCUT2D eigenvalue weighted by Gasteiger charge is 2.11. The number of benzene rings is 2. The summed E-state index contributed by atoms with van der Waals surface area (Å²) in [5, 5.41) is 4.86. The van der Waals surface area contributed by atoms with E-state index in [-0.39, 0.29) is 11.3 Å². The molecule has 0 amide bonds. The molecule has 8 heteroatoms. The number of nitrogens with zero attached hydrogens (tertiary/aromatic N) is 3. The number of ether oxygens (including phenoxy) is 2. The largest absolute Gasteiger partial charge is 0.494 e. The van der Waals surface area contributed by atoms with E-state index in [0.29, 0.717) is 54.3 Å². The molecule has 0 atom stereocenters. The molecule has 1 aromatic heterocycles. The number of hydrogen-bond acceptors (Lipinski definition) is 6. The number of hydrazone groups is 1. The first-order chi connectivity index (χ1) is 14.5. The van der Waals surface area contributed by atoms with Gasteiger partial charge in [0.1, 0.15) is 0 Å². The van der Waals surface area contributed by atoms with Gasteiger partial charge in [0.25, 0.3) is 5.56 Å². The minimum absolute atomic E-state index is 0.150. The zero-order chi connectivity index (χ0) is 21.5. The molecule has 0 radical (unpaired) electrons. The molecule has 30 heavy (non-hydrogen) atoms. The number of halogens is 1. The Morgan fingerprint density at radius 3 is 2.80 bits per heavy atom. The summed E-state index contributed by atoms with van der Waals surface area (Å²) in [5.41, 5.74) is 4.44. The molecule has 1 N–H and O–H groups in total. The number of nitrogens with one attached hydrogen (secondary N) is 1. The summed E-state index contributed by atoms with van der Waals surface area (Å²) >= 11 is 0. The predicted molar refractivity (Wildman–Crippen MR) is 116 cm³/mol. The lowest BCUT2D eigenvalue weighted by molar-refractivity contribution is 0.141. The first-order valence-corrected chi connectivity index (χ1v) is 9.76. The van der Waals surface area contributed by atoms with Gasteiger partial charge in [-0.05, 0) is 50.6 Å². The van der Waals surface area contributed by atoms with Crippen molar-refractivity contribution in [3.8, 4) is 5.75 Å². The van der Waals surface area contributed by atoms with E-state index in [1.807, 2.05) is 19.1 Å². The van der Waals surface area contributed by atoms with E-state index >= 15 is 0 Å². The average molecular weight is 412 g/mol. The lowest BCUT2D eigenvalue weighted by atomic mass is 10.1. The Labute approximate surface area is 174 Å². The van der Waals surface area contributed by atoms with Crippen LogP contribution in [0.25, 0.3) is 10.9 Å². The normalized spacial score (nSPS) is 11.7. The molecule has 1 heterocycles. The van der Waals surface area contributed by atoms with Crippen LogP contribution in [0.3, 0.4) is 0 Å². The van der Waals surface area contributed by atoms with E-state index in [1.54, 1.807) is 35.8 Å². The zero-order valence-electron chi connectivity index (χ0n) is 17.3. The van der Waals surface area contributed by atoms with E-state index < -0.39 is 5.82 Å². The SMILES string of the molecule is CCOCCCn1c(N/N=C(/C)c2ccc(OC)c(F)c2)nc2ccccc2c1=O. The number of methoxy groups -OCH3 is 1. The van der Waals surface area contributed by atoms with Crippen LogP contribution in [0.15, 0.2) is 52.4 Å². The maximum atomic E-state index is 14.0. The van der Waals surface area contributed by atoms with Crippen LogP contribution >= 0.6 is 0 Å². The second kappa shape index (κ2) is 9.98. The molecule has 2 aromatic carbocycles. The van der Waals surface area contributed by atoms with Gasteiger partial charge in [-0.25, -0.2) is 14.8 Å². The van der Waals surface area contributed by atoms with Crippen molar-refractivity contribution in [3.05, 3.63) is 64.2 Å². The second-order valence-electron chi connectivity index (χ2n) is 6.62. The Hall–Kier alpha value is -3.26. The summed E-state index contributed by atoms with van der Waals surface area (Å²) in [5.74, 6) is 0.0172. The van der Waals surface area contributed by atoms with Crippen LogP contribution in [0, 0.1) is 5.82 Å². The number of hydrogen-bond donors (Lipinski definition) is 1. The molecule has 0 spiro atoms. The predicted octanol–water partition coefficient (Wildman–Crippen LogP) is 3.81. The van der Waals surface area contributed by atoms with E-state index in [2.05, 4.69) is 15.5 Å². The molecule has 3 rings (SSSR count). The fourth-order valence-corrected chi connectivity index (χ4v) is 3.02. The van der Waals surface area contributed by atoms with Crippen molar-refractivity contribution in [1.82, 2.24) is 9.55 Å². The minimum atomic E-state index is -0.471. The van der Waals surface area contributed by atoms with Crippen molar-refractivity contribution < 1.29 is 13.9 Å². The van der Waals surface area contributed by atoms with E-state index in [1.165, 1.54) is 13.2 Å². The Balaban J connectivity index is 1.92. The lowest BCUT2D eigenvalue weighted by Crippen LogP contribution is -2.25. The molecule has 7 nitrogen and oxygen atoms in total. The van der Waals surface area contributed by atoms with Gasteiger partial charge in [0, 0.05) is 25.3 Å². The van der Waals surface area contributed by atoms with Gasteiger partial charge in [-0.2, -0.15) is 5.10 Å². The van der Waals surface area contributed by atoms with E-state index in [9.17, 15) is 9.18 Å². The van der Waals surface area contributed by atoms with Crippen LogP contribution in [0.5, 0.6) is 5.75 Å². The molecule has 158 valence electrons. The average Bonchev–Trinajstić information content (AvgIpc) is 2.76. The molecule has 0 aliphatic heterocycles. The Kier molecular flexibility index (Phi) is 7.13. The van der Waals surface area contributed by atoms with Crippen LogP contribution in [-0.4, -0.2) is 35.6 Å². The van der Waals surface area contributed by atoms with E-state index in [0.717, 1.165) is 0 Å². The van der Waals surface area contributed by atoms with Crippen molar-refractivity contribution in [1.29, 1.82) is 0 Å². The molecule has 0 aliphatic rings. The lowest BCUT2D eigenvalue weighted by Gasteiger charge is -2.13. The third-order valence-corrected chi connectivity index (χ3v) is 4.63. The van der Waals surface area contributed by atoms with Crippen molar-refractivity contribution in [2.75, 3.05) is 25.7 Å². The van der Waals surface area contributed by atoms with Crippen molar-refractivity contribution in [3.63, 3.8) is 0 Å². The first-order valence-electron chi connectivity index (χ1n) is 9.76. The Bertz CT molecular complexity index is 1110. The van der Waals surface area contributed by atoms with Gasteiger partial charge in [0.05, 0.1) is 23.7 Å². The molecular formula is C22H25FN4O3. The maximum Gasteiger partial charge on any atom is 0.262 e. The van der Waals surface area contributed by atoms with Crippen LogP contribution < -0.4 is 15.7 Å². The molecule has 0 aliphatic carbocycles. The van der Waals surface area contributed by atoms with E-state index in [4.69, 9.17) is 9.47 Å². The smallest absolute Gasteiger partial charge is 0.262 e. The number of para-hydroxylation sites is 1. The van der Waals surface area contributed by atoms with Gasteiger partial charge in [-0.1, -0.05) is 12.1 Å². The minimum Gasteiger partial charge on any atom is -0.494 e. The number of fused-ring (bicyclic) bond motifs is 1. The van der Waals surface area contributed by atoms with Gasteiger partial charge < -0.3 is 9.47 Å². The summed E-state index contributed by atoms with van der Waals surface area (Å²) in [7, 11) is 1.41. The molecule has 0 saturated carbocycles. The van der Waals surface area contributed by atoms with Crippen LogP contribution in [-0.2, 0) is 11.3 Å². The molecule has 0 unspecified atom stereocenters. The Morgan fingerprint density at radius 1 is 1.27 bits per heavy atom. The summed E-state index contributed by atoms with van der Waals surface area (Å²) in [6.07, 6.45) is 0.662. The fourth-order valence-electron chi connectivity index (χ4n) is 3.02. The Morgan fingerprint density at radius 2 is 2.07 bits per heavy atom. The third-order valence-electron chi connectivity index (χ3n) is 4.63. The van der Waals surface area contributed by atoms with Gasteiger partial charge in [0.2, 0.25) is 5.95 Å². The fraction of sp³-hybridized carbons (Fsp3) is 0.318. The number of anilines is 1. The molecule has 0 bridgehead atoms. The van der Waals surface area contributed by atoms with Gasteiger partial charge in [0.15, 0.2) is 11.6 Å². The zero-order valence-corrected chi connectivity index (χ0v) is 17.3. The van der Waals surface area contributed by atoms with Gasteiger partial charge in [-0.3, -0.25) is 9.36 Å². The first kappa shape index (κ1) is 21.4. The summed E-state index contributed by atoms with van der Waals surface area (Å²) in [6.45, 7) is 5.27. The van der Waals surface area contributed by atoms with Gasteiger partial charge >= 0.3 is 0 Å². The summed E-state index contributed by atoms with van der Waals surface area (Å²) in [6, 6.07) is 11.8. The van der Waals surface area contributed by atoms with Crippen LogP contribution in [0.1, 0.15) is 25.8 Å². The van der Waals surface area contributed by atoms with Crippen molar-refractivity contribution in [2.24, 2.45) is 5.10 Å².